The van der Waals surface area contributed by atoms with Gasteiger partial charge < -0.3 is 15.1 Å². The highest BCUT2D eigenvalue weighted by molar-refractivity contribution is 6.00. The number of amides is 3. The molecular weight excluding hydrogens is 507 g/mol. The number of aromatic nitrogens is 1. The summed E-state index contributed by atoms with van der Waals surface area (Å²) < 4.78 is 14.0. The van der Waals surface area contributed by atoms with E-state index in [1.54, 1.807) is 19.3 Å². The van der Waals surface area contributed by atoms with Crippen molar-refractivity contribution >= 4 is 17.7 Å². The van der Waals surface area contributed by atoms with Crippen LogP contribution in [-0.4, -0.2) is 51.6 Å². The molecule has 1 aliphatic carbocycles. The third-order valence-electron chi connectivity index (χ3n) is 7.90. The second kappa shape index (κ2) is 11.6. The van der Waals surface area contributed by atoms with Gasteiger partial charge in [0.25, 0.3) is 0 Å². The Balaban J connectivity index is 1.53. The summed E-state index contributed by atoms with van der Waals surface area (Å²) in [4.78, 5) is 49.7. The molecule has 8 heteroatoms. The highest BCUT2D eigenvalue weighted by atomic mass is 19.1. The van der Waals surface area contributed by atoms with Crippen molar-refractivity contribution in [3.8, 4) is 0 Å². The van der Waals surface area contributed by atoms with Gasteiger partial charge in [-0.3, -0.25) is 19.4 Å². The van der Waals surface area contributed by atoms with Crippen LogP contribution in [0.5, 0.6) is 0 Å². The Kier molecular flexibility index (Phi) is 7.96. The molecule has 0 saturated carbocycles. The number of piperazine rings is 1. The van der Waals surface area contributed by atoms with E-state index < -0.39 is 23.9 Å². The molecule has 0 unspecified atom stereocenters. The van der Waals surface area contributed by atoms with Crippen LogP contribution in [0.25, 0.3) is 0 Å². The van der Waals surface area contributed by atoms with Crippen LogP contribution in [0.3, 0.4) is 0 Å². The summed E-state index contributed by atoms with van der Waals surface area (Å²) in [7, 11) is 1.66. The summed E-state index contributed by atoms with van der Waals surface area (Å²) in [5.41, 5.74) is 3.50. The molecule has 2 aromatic carbocycles. The molecule has 1 aromatic heterocycles. The molecule has 1 N–H and O–H groups in total. The molecule has 2 heterocycles. The normalized spacial score (nSPS) is 19.9. The summed E-state index contributed by atoms with van der Waals surface area (Å²) >= 11 is 0. The van der Waals surface area contributed by atoms with E-state index in [1.807, 2.05) is 38.1 Å². The number of likely N-dealkylation sites (N-methyl/N-ethyl adjacent to an activating group) is 1. The van der Waals surface area contributed by atoms with Crippen molar-refractivity contribution in [1.82, 2.24) is 20.1 Å². The van der Waals surface area contributed by atoms with Crippen LogP contribution in [0.1, 0.15) is 48.7 Å². The number of halogens is 1. The van der Waals surface area contributed by atoms with Crippen molar-refractivity contribution in [1.29, 1.82) is 0 Å². The van der Waals surface area contributed by atoms with Gasteiger partial charge in [0.05, 0.1) is 12.2 Å². The third kappa shape index (κ3) is 5.62. The van der Waals surface area contributed by atoms with Gasteiger partial charge in [-0.1, -0.05) is 56.3 Å². The highest BCUT2D eigenvalue weighted by Gasteiger charge is 2.49. The zero-order chi connectivity index (χ0) is 28.4. The molecule has 0 radical (unpaired) electrons. The Morgan fingerprint density at radius 2 is 1.68 bits per heavy atom. The van der Waals surface area contributed by atoms with Gasteiger partial charge in [0.15, 0.2) is 0 Å². The quantitative estimate of drug-likeness (QED) is 0.465. The first-order valence-corrected chi connectivity index (χ1v) is 13.8. The maximum atomic E-state index is 14.4. The maximum absolute atomic E-state index is 14.4. The Hall–Kier alpha value is -4.07. The number of rotatable bonds is 8. The Bertz CT molecular complexity index is 1350. The van der Waals surface area contributed by atoms with Crippen LogP contribution in [0.2, 0.25) is 0 Å². The van der Waals surface area contributed by atoms with Gasteiger partial charge in [0.1, 0.15) is 23.9 Å². The molecule has 7 nitrogen and oxygen atoms in total. The molecule has 3 amide bonds. The zero-order valence-corrected chi connectivity index (χ0v) is 23.1. The summed E-state index contributed by atoms with van der Waals surface area (Å²) in [6.45, 7) is 4.19. The number of pyridine rings is 1. The lowest BCUT2D eigenvalue weighted by Crippen LogP contribution is -2.67. The standard InChI is InChI=1S/C32H35FN4O3/c1-20(2)16-27-30(38)35-28(24-17-22-8-4-5-9-23(22)18-24)31(39)37(27)29(21-11-13-25(33)14-12-21)32(40)36(3)19-26-10-6-7-15-34-26/h4-15,20,24,27-29H,16-19H2,1-3H3,(H,35,38)/t27-,28-,29-/m1/s1. The van der Waals surface area contributed by atoms with Crippen molar-refractivity contribution in [3.05, 3.63) is 101 Å². The first kappa shape index (κ1) is 27.5. The van der Waals surface area contributed by atoms with Gasteiger partial charge in [0, 0.05) is 13.2 Å². The van der Waals surface area contributed by atoms with E-state index in [9.17, 15) is 18.8 Å². The van der Waals surface area contributed by atoms with Gasteiger partial charge in [-0.15, -0.1) is 0 Å². The van der Waals surface area contributed by atoms with E-state index in [-0.39, 0.29) is 36.1 Å². The first-order chi connectivity index (χ1) is 19.2. The highest BCUT2D eigenvalue weighted by Crippen LogP contribution is 2.36. The van der Waals surface area contributed by atoms with E-state index in [0.29, 0.717) is 30.5 Å². The van der Waals surface area contributed by atoms with Crippen molar-refractivity contribution < 1.29 is 18.8 Å². The van der Waals surface area contributed by atoms with Gasteiger partial charge in [-0.05, 0) is 72.1 Å². The van der Waals surface area contributed by atoms with Crippen LogP contribution < -0.4 is 5.32 Å². The second-order valence-corrected chi connectivity index (χ2v) is 11.3. The molecule has 208 valence electrons. The number of fused-ring (bicyclic) bond motifs is 1. The summed E-state index contributed by atoms with van der Waals surface area (Å²) in [6.07, 6.45) is 3.39. The van der Waals surface area contributed by atoms with Crippen LogP contribution in [0.15, 0.2) is 72.9 Å². The SMILES string of the molecule is CC(C)C[C@@H]1C(=O)N[C@H](C2Cc3ccccc3C2)C(=O)N1[C@@H](C(=O)N(C)Cc1ccccn1)c1ccc(F)cc1. The fourth-order valence-corrected chi connectivity index (χ4v) is 5.96. The minimum Gasteiger partial charge on any atom is -0.342 e. The fraction of sp³-hybridized carbons (Fsp3) is 0.375. The van der Waals surface area contributed by atoms with Crippen LogP contribution in [0, 0.1) is 17.7 Å². The lowest BCUT2D eigenvalue weighted by Gasteiger charge is -2.45. The van der Waals surface area contributed by atoms with Gasteiger partial charge in [-0.2, -0.15) is 0 Å². The predicted molar refractivity (Wildman–Crippen MR) is 149 cm³/mol. The molecule has 1 saturated heterocycles. The predicted octanol–water partition coefficient (Wildman–Crippen LogP) is 4.08. The molecule has 3 atom stereocenters. The minimum atomic E-state index is -1.09. The molecule has 2 aliphatic rings. The smallest absolute Gasteiger partial charge is 0.250 e. The van der Waals surface area contributed by atoms with Gasteiger partial charge >= 0.3 is 0 Å². The number of benzene rings is 2. The zero-order valence-electron chi connectivity index (χ0n) is 23.1. The van der Waals surface area contributed by atoms with Crippen molar-refractivity contribution in [2.75, 3.05) is 7.05 Å². The lowest BCUT2D eigenvalue weighted by atomic mass is 9.88. The van der Waals surface area contributed by atoms with E-state index in [1.165, 1.54) is 45.2 Å². The Morgan fingerprint density at radius 3 is 2.27 bits per heavy atom. The molecular formula is C32H35FN4O3. The minimum absolute atomic E-state index is 0.0913. The molecule has 3 aromatic rings. The lowest BCUT2D eigenvalue weighted by molar-refractivity contribution is -0.160. The van der Waals surface area contributed by atoms with Crippen molar-refractivity contribution in [2.24, 2.45) is 11.8 Å². The summed E-state index contributed by atoms with van der Waals surface area (Å²) in [6, 6.07) is 16.5. The Labute approximate surface area is 234 Å². The third-order valence-corrected chi connectivity index (χ3v) is 7.90. The van der Waals surface area contributed by atoms with Crippen molar-refractivity contribution in [3.63, 3.8) is 0 Å². The summed E-state index contributed by atoms with van der Waals surface area (Å²) in [5.74, 6) is -1.37. The van der Waals surface area contributed by atoms with Crippen LogP contribution in [0.4, 0.5) is 4.39 Å². The van der Waals surface area contributed by atoms with Gasteiger partial charge in [0.2, 0.25) is 17.7 Å². The number of hydrogen-bond donors (Lipinski definition) is 1. The summed E-state index contributed by atoms with van der Waals surface area (Å²) in [5, 5.41) is 3.03. The van der Waals surface area contributed by atoms with E-state index in [2.05, 4.69) is 22.4 Å². The molecule has 1 aliphatic heterocycles. The molecule has 5 rings (SSSR count). The number of nitrogens with zero attached hydrogens (tertiary/aromatic N) is 3. The monoisotopic (exact) mass is 542 g/mol. The molecule has 40 heavy (non-hydrogen) atoms. The van der Waals surface area contributed by atoms with Crippen molar-refractivity contribution in [2.45, 2.75) is 57.8 Å². The average molecular weight is 543 g/mol. The fourth-order valence-electron chi connectivity index (χ4n) is 5.96. The second-order valence-electron chi connectivity index (χ2n) is 11.3. The molecule has 0 spiro atoms. The topological polar surface area (TPSA) is 82.6 Å². The molecule has 0 bridgehead atoms. The first-order valence-electron chi connectivity index (χ1n) is 13.8. The Morgan fingerprint density at radius 1 is 1.02 bits per heavy atom. The van der Waals surface area contributed by atoms with E-state index in [0.717, 1.165) is 0 Å². The number of nitrogens with one attached hydrogen (secondary N) is 1. The molecule has 1 fully saturated rings. The van der Waals surface area contributed by atoms with E-state index in [4.69, 9.17) is 0 Å². The number of carbonyl (C=O) groups excluding carboxylic acids is 3. The van der Waals surface area contributed by atoms with Gasteiger partial charge in [-0.25, -0.2) is 4.39 Å². The largest absolute Gasteiger partial charge is 0.342 e. The average Bonchev–Trinajstić information content (AvgIpc) is 3.37. The number of hydrogen-bond acceptors (Lipinski definition) is 4. The number of carbonyl (C=O) groups is 3. The van der Waals surface area contributed by atoms with Crippen LogP contribution in [-0.2, 0) is 33.8 Å². The van der Waals surface area contributed by atoms with Crippen LogP contribution >= 0.6 is 0 Å². The van der Waals surface area contributed by atoms with E-state index >= 15 is 0 Å². The maximum Gasteiger partial charge on any atom is 0.250 e.